The van der Waals surface area contributed by atoms with Gasteiger partial charge in [0.1, 0.15) is 5.83 Å². The molecule has 1 aliphatic heterocycles. The fourth-order valence-corrected chi connectivity index (χ4v) is 0.385. The Labute approximate surface area is 41.5 Å². The SMILES string of the molecule is FC1=CC=[C]NC1. The van der Waals surface area contributed by atoms with Crippen molar-refractivity contribution >= 4 is 0 Å². The molecule has 2 heteroatoms. The molecule has 0 aromatic rings. The molecule has 1 heterocycles. The van der Waals surface area contributed by atoms with E-state index in [1.807, 2.05) is 0 Å². The van der Waals surface area contributed by atoms with Crippen molar-refractivity contribution in [3.63, 3.8) is 0 Å². The van der Waals surface area contributed by atoms with E-state index in [0.717, 1.165) is 0 Å². The van der Waals surface area contributed by atoms with Crippen LogP contribution in [0.4, 0.5) is 4.39 Å². The van der Waals surface area contributed by atoms with Crippen molar-refractivity contribution in [2.75, 3.05) is 6.54 Å². The van der Waals surface area contributed by atoms with E-state index in [-0.39, 0.29) is 12.4 Å². The molecule has 1 radical (unpaired) electrons. The summed E-state index contributed by atoms with van der Waals surface area (Å²) >= 11 is 0. The lowest BCUT2D eigenvalue weighted by Crippen LogP contribution is -2.10. The van der Waals surface area contributed by atoms with Gasteiger partial charge in [-0.2, -0.15) is 0 Å². The molecule has 0 aromatic carbocycles. The van der Waals surface area contributed by atoms with E-state index >= 15 is 0 Å². The van der Waals surface area contributed by atoms with Crippen LogP contribution >= 0.6 is 0 Å². The highest BCUT2D eigenvalue weighted by Crippen LogP contribution is 1.96. The van der Waals surface area contributed by atoms with Crippen molar-refractivity contribution in [3.8, 4) is 0 Å². The van der Waals surface area contributed by atoms with Crippen molar-refractivity contribution in [1.29, 1.82) is 0 Å². The van der Waals surface area contributed by atoms with Crippen LogP contribution < -0.4 is 5.32 Å². The van der Waals surface area contributed by atoms with Gasteiger partial charge in [-0.25, -0.2) is 4.39 Å². The second-order valence-electron chi connectivity index (χ2n) is 1.28. The Balaban J connectivity index is 2.57. The predicted molar refractivity (Wildman–Crippen MR) is 25.0 cm³/mol. The molecule has 0 aromatic heterocycles. The first-order chi connectivity index (χ1) is 3.39. The Morgan fingerprint density at radius 3 is 3.00 bits per heavy atom. The van der Waals surface area contributed by atoms with Crippen LogP contribution in [0.25, 0.3) is 0 Å². The van der Waals surface area contributed by atoms with Crippen molar-refractivity contribution in [1.82, 2.24) is 5.32 Å². The highest BCUT2D eigenvalue weighted by Gasteiger charge is 1.91. The lowest BCUT2D eigenvalue weighted by Gasteiger charge is -1.98. The molecule has 0 saturated carbocycles. The summed E-state index contributed by atoms with van der Waals surface area (Å²) in [6, 6.07) is 0. The third-order valence-corrected chi connectivity index (χ3v) is 0.707. The van der Waals surface area contributed by atoms with Crippen LogP contribution in [0.15, 0.2) is 18.0 Å². The number of dihydropyridines is 1. The lowest BCUT2D eigenvalue weighted by molar-refractivity contribution is 0.591. The largest absolute Gasteiger partial charge is 0.377 e. The predicted octanol–water partition coefficient (Wildman–Crippen LogP) is 0.760. The average molecular weight is 98.1 g/mol. The molecule has 0 spiro atoms. The van der Waals surface area contributed by atoms with Crippen LogP contribution in [0.3, 0.4) is 0 Å². The Kier molecular flexibility index (Phi) is 1.11. The lowest BCUT2D eigenvalue weighted by atomic mass is 10.4. The van der Waals surface area contributed by atoms with E-state index in [4.69, 9.17) is 0 Å². The van der Waals surface area contributed by atoms with Crippen LogP contribution in [0.5, 0.6) is 0 Å². The van der Waals surface area contributed by atoms with E-state index in [9.17, 15) is 4.39 Å². The van der Waals surface area contributed by atoms with Gasteiger partial charge in [-0.3, -0.25) is 0 Å². The van der Waals surface area contributed by atoms with Gasteiger partial charge in [0.05, 0.1) is 12.7 Å². The first-order valence-electron chi connectivity index (χ1n) is 2.06. The zero-order valence-corrected chi connectivity index (χ0v) is 3.74. The minimum atomic E-state index is -0.140. The number of allylic oxidation sites excluding steroid dienone is 2. The fourth-order valence-electron chi connectivity index (χ4n) is 0.385. The molecular formula is C5H5FN. The summed E-state index contributed by atoms with van der Waals surface area (Å²) < 4.78 is 11.9. The molecule has 37 valence electrons. The van der Waals surface area contributed by atoms with Crippen molar-refractivity contribution in [2.45, 2.75) is 0 Å². The molecule has 0 unspecified atom stereocenters. The molecular weight excluding hydrogens is 93.1 g/mol. The Morgan fingerprint density at radius 2 is 2.71 bits per heavy atom. The molecule has 1 nitrogen and oxygen atoms in total. The minimum absolute atomic E-state index is 0.140. The average Bonchev–Trinajstić information content (AvgIpc) is 1.69. The number of hydrogen-bond donors (Lipinski definition) is 1. The van der Waals surface area contributed by atoms with Crippen LogP contribution in [-0.2, 0) is 0 Å². The van der Waals surface area contributed by atoms with E-state index in [1.54, 1.807) is 0 Å². The van der Waals surface area contributed by atoms with Crippen molar-refractivity contribution in [2.24, 2.45) is 0 Å². The van der Waals surface area contributed by atoms with Gasteiger partial charge in [0, 0.05) is 0 Å². The van der Waals surface area contributed by atoms with Crippen LogP contribution in [0.2, 0.25) is 0 Å². The van der Waals surface area contributed by atoms with Crippen LogP contribution in [-0.4, -0.2) is 6.54 Å². The second kappa shape index (κ2) is 1.78. The molecule has 1 aliphatic rings. The highest BCUT2D eigenvalue weighted by atomic mass is 19.1. The van der Waals surface area contributed by atoms with Gasteiger partial charge < -0.3 is 5.32 Å². The molecule has 0 saturated heterocycles. The van der Waals surface area contributed by atoms with Crippen molar-refractivity contribution in [3.05, 3.63) is 24.2 Å². The fraction of sp³-hybridized carbons (Fsp3) is 0.200. The van der Waals surface area contributed by atoms with Crippen molar-refractivity contribution < 1.29 is 4.39 Å². The molecule has 0 aliphatic carbocycles. The van der Waals surface area contributed by atoms with E-state index in [1.165, 1.54) is 12.2 Å². The maximum Gasteiger partial charge on any atom is 0.119 e. The summed E-state index contributed by atoms with van der Waals surface area (Å²) in [6.07, 6.45) is 5.52. The van der Waals surface area contributed by atoms with Gasteiger partial charge >= 0.3 is 0 Å². The zero-order chi connectivity index (χ0) is 5.11. The van der Waals surface area contributed by atoms with E-state index in [0.29, 0.717) is 0 Å². The molecule has 1 N–H and O–H groups in total. The minimum Gasteiger partial charge on any atom is -0.377 e. The Bertz CT molecular complexity index is 115. The van der Waals surface area contributed by atoms with Gasteiger partial charge in [0.2, 0.25) is 0 Å². The number of hydrogen-bond acceptors (Lipinski definition) is 1. The maximum absolute atomic E-state index is 11.9. The topological polar surface area (TPSA) is 12.0 Å². The van der Waals surface area contributed by atoms with E-state index in [2.05, 4.69) is 11.5 Å². The first kappa shape index (κ1) is 4.37. The summed E-state index contributed by atoms with van der Waals surface area (Å²) in [5, 5.41) is 2.59. The van der Waals surface area contributed by atoms with Gasteiger partial charge in [-0.15, -0.1) is 0 Å². The number of halogens is 1. The molecule has 0 bridgehead atoms. The maximum atomic E-state index is 11.9. The summed E-state index contributed by atoms with van der Waals surface area (Å²) in [4.78, 5) is 0. The van der Waals surface area contributed by atoms with Gasteiger partial charge in [-0.05, 0) is 12.2 Å². The third-order valence-electron chi connectivity index (χ3n) is 0.707. The van der Waals surface area contributed by atoms with E-state index < -0.39 is 0 Å². The summed E-state index contributed by atoms with van der Waals surface area (Å²) in [5.41, 5.74) is 0. The van der Waals surface area contributed by atoms with Gasteiger partial charge in [0.25, 0.3) is 0 Å². The summed E-state index contributed by atoms with van der Waals surface area (Å²) in [6.45, 7) is 0.288. The molecule has 0 fully saturated rings. The standard InChI is InChI=1S/C5H5FN/c6-5-2-1-3-7-4-5/h1-2,7H,4H2. The summed E-state index contributed by atoms with van der Waals surface area (Å²) in [7, 11) is 0. The Hall–Kier alpha value is -0.790. The molecule has 0 amide bonds. The quantitative estimate of drug-likeness (QED) is 0.471. The Morgan fingerprint density at radius 1 is 1.86 bits per heavy atom. The van der Waals surface area contributed by atoms with Crippen LogP contribution in [0.1, 0.15) is 0 Å². The van der Waals surface area contributed by atoms with Crippen LogP contribution in [0, 0.1) is 6.20 Å². The van der Waals surface area contributed by atoms with Gasteiger partial charge in [-0.1, -0.05) is 0 Å². The highest BCUT2D eigenvalue weighted by molar-refractivity contribution is 5.09. The monoisotopic (exact) mass is 98.0 g/mol. The summed E-state index contributed by atoms with van der Waals surface area (Å²) in [5.74, 6) is -0.140. The second-order valence-corrected chi connectivity index (χ2v) is 1.28. The normalized spacial score (nSPS) is 18.1. The first-order valence-corrected chi connectivity index (χ1v) is 2.06. The molecule has 1 rings (SSSR count). The number of nitrogens with one attached hydrogen (secondary N) is 1. The molecule has 7 heavy (non-hydrogen) atoms. The molecule has 0 atom stereocenters. The third kappa shape index (κ3) is 1.03. The number of rotatable bonds is 0. The smallest absolute Gasteiger partial charge is 0.119 e. The zero-order valence-electron chi connectivity index (χ0n) is 3.74. The van der Waals surface area contributed by atoms with Gasteiger partial charge in [0.15, 0.2) is 0 Å².